The van der Waals surface area contributed by atoms with Crippen LogP contribution in [0.5, 0.6) is 0 Å². The molecule has 0 bridgehead atoms. The van der Waals surface area contributed by atoms with E-state index in [-0.39, 0.29) is 5.91 Å². The number of rotatable bonds is 7. The number of hydrogen-bond acceptors (Lipinski definition) is 4. The fraction of sp³-hybridized carbons (Fsp3) is 0.136. The molecule has 0 atom stereocenters. The molecule has 0 fully saturated rings. The maximum Gasteiger partial charge on any atom is 0.220 e. The third-order valence-electron chi connectivity index (χ3n) is 4.32. The lowest BCUT2D eigenvalue weighted by Gasteiger charge is -2.02. The Morgan fingerprint density at radius 2 is 1.75 bits per heavy atom. The predicted molar refractivity (Wildman–Crippen MR) is 106 cm³/mol. The van der Waals surface area contributed by atoms with E-state index in [0.717, 1.165) is 16.8 Å². The van der Waals surface area contributed by atoms with Crippen LogP contribution in [0.4, 0.5) is 0 Å². The smallest absolute Gasteiger partial charge is 0.220 e. The zero-order chi connectivity index (χ0) is 19.2. The lowest BCUT2D eigenvalue weighted by Crippen LogP contribution is -2.22. The molecule has 28 heavy (non-hydrogen) atoms. The van der Waals surface area contributed by atoms with Crippen LogP contribution in [0, 0.1) is 0 Å². The van der Waals surface area contributed by atoms with Gasteiger partial charge in [0.15, 0.2) is 11.7 Å². The van der Waals surface area contributed by atoms with Crippen molar-refractivity contribution in [3.63, 3.8) is 0 Å². The van der Waals surface area contributed by atoms with Gasteiger partial charge in [-0.05, 0) is 12.1 Å². The maximum absolute atomic E-state index is 12.1. The second kappa shape index (κ2) is 8.35. The van der Waals surface area contributed by atoms with E-state index in [2.05, 4.69) is 15.4 Å². The lowest BCUT2D eigenvalue weighted by molar-refractivity contribution is -0.121. The van der Waals surface area contributed by atoms with Crippen LogP contribution >= 0.6 is 0 Å². The average molecular weight is 372 g/mol. The van der Waals surface area contributed by atoms with E-state index >= 15 is 0 Å². The number of carbonyl (C=O) groups is 1. The largest absolute Gasteiger partial charge is 0.441 e. The van der Waals surface area contributed by atoms with Gasteiger partial charge in [-0.15, -0.1) is 0 Å². The minimum Gasteiger partial charge on any atom is -0.441 e. The molecule has 0 aliphatic rings. The van der Waals surface area contributed by atoms with Crippen molar-refractivity contribution >= 4 is 5.91 Å². The Balaban J connectivity index is 1.26. The van der Waals surface area contributed by atoms with Crippen LogP contribution in [0.1, 0.15) is 17.9 Å². The normalized spacial score (nSPS) is 10.7. The van der Waals surface area contributed by atoms with Gasteiger partial charge in [-0.25, -0.2) is 9.67 Å². The van der Waals surface area contributed by atoms with Crippen molar-refractivity contribution < 1.29 is 9.21 Å². The Hall–Kier alpha value is -3.67. The topological polar surface area (TPSA) is 73.0 Å². The zero-order valence-corrected chi connectivity index (χ0v) is 15.3. The maximum atomic E-state index is 12.1. The van der Waals surface area contributed by atoms with Gasteiger partial charge in [0.25, 0.3) is 0 Å². The molecule has 0 spiro atoms. The monoisotopic (exact) mass is 372 g/mol. The van der Waals surface area contributed by atoms with Crippen LogP contribution in [0.2, 0.25) is 0 Å². The van der Waals surface area contributed by atoms with Crippen LogP contribution in [0.3, 0.4) is 0 Å². The van der Waals surface area contributed by atoms with Gasteiger partial charge in [-0.1, -0.05) is 48.5 Å². The van der Waals surface area contributed by atoms with Crippen LogP contribution in [0.25, 0.3) is 17.0 Å². The van der Waals surface area contributed by atoms with Crippen molar-refractivity contribution in [3.05, 3.63) is 90.7 Å². The zero-order valence-electron chi connectivity index (χ0n) is 15.3. The van der Waals surface area contributed by atoms with E-state index in [1.165, 1.54) is 0 Å². The fourth-order valence-corrected chi connectivity index (χ4v) is 2.84. The van der Waals surface area contributed by atoms with E-state index in [0.29, 0.717) is 31.0 Å². The van der Waals surface area contributed by atoms with Gasteiger partial charge >= 0.3 is 0 Å². The van der Waals surface area contributed by atoms with Crippen molar-refractivity contribution in [1.82, 2.24) is 20.1 Å². The summed E-state index contributed by atoms with van der Waals surface area (Å²) in [5, 5.41) is 7.24. The molecule has 6 heteroatoms. The molecular formula is C22H20N4O2. The predicted octanol–water partition coefficient (Wildman–Crippen LogP) is 3.78. The molecule has 4 rings (SSSR count). The summed E-state index contributed by atoms with van der Waals surface area (Å²) in [5.74, 6) is 1.22. The van der Waals surface area contributed by atoms with Crippen LogP contribution in [0.15, 0.2) is 83.7 Å². The van der Waals surface area contributed by atoms with Gasteiger partial charge < -0.3 is 9.73 Å². The quantitative estimate of drug-likeness (QED) is 0.536. The molecule has 0 radical (unpaired) electrons. The number of amides is 1. The Labute approximate surface area is 162 Å². The number of aromatic nitrogens is 3. The van der Waals surface area contributed by atoms with Gasteiger partial charge in [0.1, 0.15) is 0 Å². The van der Waals surface area contributed by atoms with E-state index in [9.17, 15) is 4.79 Å². The van der Waals surface area contributed by atoms with Gasteiger partial charge in [0.2, 0.25) is 5.91 Å². The minimum atomic E-state index is -0.0491. The molecule has 1 N–H and O–H groups in total. The molecule has 4 aromatic rings. The highest BCUT2D eigenvalue weighted by Crippen LogP contribution is 2.20. The molecule has 0 saturated heterocycles. The molecule has 0 saturated carbocycles. The molecule has 2 heterocycles. The highest BCUT2D eigenvalue weighted by molar-refractivity contribution is 5.76. The first-order valence-corrected chi connectivity index (χ1v) is 9.14. The van der Waals surface area contributed by atoms with Gasteiger partial charge in [0, 0.05) is 36.7 Å². The van der Waals surface area contributed by atoms with Crippen LogP contribution < -0.4 is 5.32 Å². The number of carbonyl (C=O) groups excluding carboxylic acids is 1. The second-order valence-corrected chi connectivity index (χ2v) is 6.39. The summed E-state index contributed by atoms with van der Waals surface area (Å²) in [6.45, 7) is 0.437. The van der Waals surface area contributed by atoms with Gasteiger partial charge in [0.05, 0.1) is 18.1 Å². The first-order valence-electron chi connectivity index (χ1n) is 9.14. The van der Waals surface area contributed by atoms with E-state index in [1.807, 2.05) is 66.9 Å². The summed E-state index contributed by atoms with van der Waals surface area (Å²) < 4.78 is 7.52. The molecular weight excluding hydrogens is 352 g/mol. The first-order chi connectivity index (χ1) is 13.8. The first kappa shape index (κ1) is 17.7. The molecule has 140 valence electrons. The Morgan fingerprint density at radius 1 is 1.00 bits per heavy atom. The average Bonchev–Trinajstić information content (AvgIpc) is 3.42. The summed E-state index contributed by atoms with van der Waals surface area (Å²) in [6.07, 6.45) is 6.15. The third-order valence-corrected chi connectivity index (χ3v) is 4.32. The summed E-state index contributed by atoms with van der Waals surface area (Å²) in [7, 11) is 0. The molecule has 1 amide bonds. The molecule has 0 aliphatic heterocycles. The lowest BCUT2D eigenvalue weighted by atomic mass is 10.2. The van der Waals surface area contributed by atoms with Crippen molar-refractivity contribution in [2.45, 2.75) is 19.4 Å². The van der Waals surface area contributed by atoms with Crippen LogP contribution in [-0.2, 0) is 17.8 Å². The molecule has 2 aromatic carbocycles. The fourth-order valence-electron chi connectivity index (χ4n) is 2.84. The number of para-hydroxylation sites is 1. The standard InChI is InChI=1S/C22H20N4O2/c27-21(11-12-22-24-15-20(28-22)18-7-3-1-4-8-18)23-13-17-14-25-26(16-17)19-9-5-2-6-10-19/h1-10,14-16H,11-13H2,(H,23,27). The van der Waals surface area contributed by atoms with Crippen LogP contribution in [-0.4, -0.2) is 20.7 Å². The van der Waals surface area contributed by atoms with Crippen molar-refractivity contribution in [2.75, 3.05) is 0 Å². The molecule has 2 aromatic heterocycles. The third kappa shape index (κ3) is 4.35. The SMILES string of the molecule is O=C(CCc1ncc(-c2ccccc2)o1)NCc1cnn(-c2ccccc2)c1. The summed E-state index contributed by atoms with van der Waals surface area (Å²) >= 11 is 0. The number of aryl methyl sites for hydroxylation is 1. The van der Waals surface area contributed by atoms with Crippen molar-refractivity contribution in [3.8, 4) is 17.0 Å². The Bertz CT molecular complexity index is 955. The number of oxazole rings is 1. The van der Waals surface area contributed by atoms with E-state index in [1.54, 1.807) is 17.1 Å². The number of nitrogens with one attached hydrogen (secondary N) is 1. The molecule has 0 unspecified atom stereocenters. The van der Waals surface area contributed by atoms with E-state index < -0.39 is 0 Å². The molecule has 6 nitrogen and oxygen atoms in total. The number of hydrogen-bond donors (Lipinski definition) is 1. The molecule has 0 aliphatic carbocycles. The van der Waals surface area contributed by atoms with Gasteiger partial charge in [-0.2, -0.15) is 5.10 Å². The van der Waals surface area contributed by atoms with E-state index in [4.69, 9.17) is 4.42 Å². The number of nitrogens with zero attached hydrogens (tertiary/aromatic N) is 3. The Kier molecular flexibility index (Phi) is 5.29. The number of benzene rings is 2. The van der Waals surface area contributed by atoms with Gasteiger partial charge in [-0.3, -0.25) is 4.79 Å². The minimum absolute atomic E-state index is 0.0491. The van der Waals surface area contributed by atoms with Crippen molar-refractivity contribution in [2.24, 2.45) is 0 Å². The summed E-state index contributed by atoms with van der Waals surface area (Å²) in [6, 6.07) is 19.6. The second-order valence-electron chi connectivity index (χ2n) is 6.39. The highest BCUT2D eigenvalue weighted by Gasteiger charge is 2.09. The summed E-state index contributed by atoms with van der Waals surface area (Å²) in [5.41, 5.74) is 2.90. The Morgan fingerprint density at radius 3 is 2.54 bits per heavy atom. The highest BCUT2D eigenvalue weighted by atomic mass is 16.4. The summed E-state index contributed by atoms with van der Waals surface area (Å²) in [4.78, 5) is 16.4. The van der Waals surface area contributed by atoms with Crippen molar-refractivity contribution in [1.29, 1.82) is 0 Å².